The maximum Gasteiger partial charge on any atom is 0.284 e. The van der Waals surface area contributed by atoms with E-state index in [4.69, 9.17) is 5.73 Å². The van der Waals surface area contributed by atoms with Crippen LogP contribution in [0.2, 0.25) is 0 Å². The third kappa shape index (κ3) is 3.42. The van der Waals surface area contributed by atoms with Gasteiger partial charge in [0.05, 0.1) is 11.2 Å². The minimum absolute atomic E-state index is 0.0180. The number of anilines is 2. The van der Waals surface area contributed by atoms with Gasteiger partial charge in [-0.1, -0.05) is 0 Å². The van der Waals surface area contributed by atoms with Gasteiger partial charge in [0, 0.05) is 32.4 Å². The number of carbonyl (C=O) groups is 1. The van der Waals surface area contributed by atoms with Crippen LogP contribution in [0, 0.1) is 0 Å². The Bertz CT molecular complexity index is 1010. The lowest BCUT2D eigenvalue weighted by molar-refractivity contribution is 0.101. The number of aromatic nitrogens is 4. The van der Waals surface area contributed by atoms with Crippen LogP contribution in [0.5, 0.6) is 0 Å². The van der Waals surface area contributed by atoms with E-state index in [2.05, 4.69) is 20.4 Å². The maximum atomic E-state index is 13.1. The molecule has 0 aliphatic carbocycles. The van der Waals surface area contributed by atoms with E-state index in [1.807, 2.05) is 12.1 Å². The van der Waals surface area contributed by atoms with Gasteiger partial charge in [0.25, 0.3) is 12.3 Å². The van der Waals surface area contributed by atoms with Crippen molar-refractivity contribution in [1.82, 2.24) is 19.4 Å². The second-order valence-electron chi connectivity index (χ2n) is 6.95. The molecule has 3 aromatic heterocycles. The third-order valence-electron chi connectivity index (χ3n) is 4.82. The topological polar surface area (TPSA) is 93.5 Å². The van der Waals surface area contributed by atoms with E-state index < -0.39 is 18.0 Å². The highest BCUT2D eigenvalue weighted by molar-refractivity contribution is 6.04. The molecule has 1 aliphatic heterocycles. The fourth-order valence-corrected chi connectivity index (χ4v) is 3.49. The molecule has 1 saturated heterocycles. The Morgan fingerprint density at radius 2 is 2.07 bits per heavy atom. The Balaban J connectivity index is 1.63. The molecule has 1 amide bonds. The molecule has 3 aromatic rings. The lowest BCUT2D eigenvalue weighted by atomic mass is 10.1. The lowest BCUT2D eigenvalue weighted by Gasteiger charge is -2.31. The molecule has 148 valence electrons. The first kappa shape index (κ1) is 18.4. The van der Waals surface area contributed by atoms with Crippen LogP contribution in [0.3, 0.4) is 0 Å². The second-order valence-corrected chi connectivity index (χ2v) is 6.95. The Morgan fingerprint density at radius 3 is 2.82 bits per heavy atom. The summed E-state index contributed by atoms with van der Waals surface area (Å²) in [4.78, 5) is 14.8. The van der Waals surface area contributed by atoms with Crippen LogP contribution >= 0.6 is 0 Å². The van der Waals surface area contributed by atoms with Crippen LogP contribution in [-0.2, 0) is 7.05 Å². The van der Waals surface area contributed by atoms with E-state index in [0.717, 1.165) is 30.7 Å². The van der Waals surface area contributed by atoms with E-state index in [9.17, 15) is 13.6 Å². The molecule has 8 nitrogen and oxygen atoms in total. The smallest absolute Gasteiger partial charge is 0.284 e. The monoisotopic (exact) mass is 389 g/mol. The summed E-state index contributed by atoms with van der Waals surface area (Å²) in [6.07, 6.45) is 0.530. The van der Waals surface area contributed by atoms with Gasteiger partial charge < -0.3 is 16.0 Å². The van der Waals surface area contributed by atoms with E-state index in [0.29, 0.717) is 6.54 Å². The Hall–Kier alpha value is -3.01. The molecule has 0 radical (unpaired) electrons. The van der Waals surface area contributed by atoms with Gasteiger partial charge in [-0.3, -0.25) is 9.48 Å². The number of nitrogens with two attached hydrogens (primary N) is 1. The summed E-state index contributed by atoms with van der Waals surface area (Å²) in [5.74, 6) is 0.192. The average molecular weight is 389 g/mol. The molecule has 0 saturated carbocycles. The number of halogens is 2. The first-order chi connectivity index (χ1) is 13.4. The molecular formula is C18H21F2N7O. The summed E-state index contributed by atoms with van der Waals surface area (Å²) >= 11 is 0. The van der Waals surface area contributed by atoms with Crippen LogP contribution in [0.1, 0.15) is 35.4 Å². The molecule has 1 aliphatic rings. The normalized spacial score (nSPS) is 17.5. The summed E-state index contributed by atoms with van der Waals surface area (Å²) in [5.41, 5.74) is 6.55. The number of fused-ring (bicyclic) bond motifs is 1. The SMILES string of the molecule is Cn1cc(NC(=O)c2ccc3ccc(N4CCCC(N)C4)nn23)c(C(F)F)n1. The van der Waals surface area contributed by atoms with Gasteiger partial charge in [0.2, 0.25) is 0 Å². The van der Waals surface area contributed by atoms with Gasteiger partial charge in [-0.25, -0.2) is 13.3 Å². The minimum atomic E-state index is -2.78. The fraction of sp³-hybridized carbons (Fsp3) is 0.389. The zero-order chi connectivity index (χ0) is 19.8. The molecule has 0 bridgehead atoms. The summed E-state index contributed by atoms with van der Waals surface area (Å²) in [7, 11) is 1.52. The van der Waals surface area contributed by atoms with Crippen molar-refractivity contribution in [3.63, 3.8) is 0 Å². The molecule has 0 aromatic carbocycles. The summed E-state index contributed by atoms with van der Waals surface area (Å²) in [5, 5.41) is 10.8. The number of nitrogens with zero attached hydrogens (tertiary/aromatic N) is 5. The molecule has 28 heavy (non-hydrogen) atoms. The third-order valence-corrected chi connectivity index (χ3v) is 4.82. The van der Waals surface area contributed by atoms with Crippen molar-refractivity contribution < 1.29 is 13.6 Å². The van der Waals surface area contributed by atoms with Crippen molar-refractivity contribution >= 4 is 22.9 Å². The molecular weight excluding hydrogens is 368 g/mol. The van der Waals surface area contributed by atoms with Crippen molar-refractivity contribution in [2.45, 2.75) is 25.3 Å². The van der Waals surface area contributed by atoms with Crippen molar-refractivity contribution in [1.29, 1.82) is 0 Å². The van der Waals surface area contributed by atoms with Gasteiger partial charge in [0.15, 0.2) is 5.69 Å². The predicted octanol–water partition coefficient (Wildman–Crippen LogP) is 2.19. The number of piperidine rings is 1. The van der Waals surface area contributed by atoms with Gasteiger partial charge in [0.1, 0.15) is 11.5 Å². The number of carbonyl (C=O) groups excluding carboxylic acids is 1. The van der Waals surface area contributed by atoms with E-state index in [-0.39, 0.29) is 17.4 Å². The molecule has 0 spiro atoms. The van der Waals surface area contributed by atoms with Crippen molar-refractivity contribution in [2.75, 3.05) is 23.3 Å². The standard InChI is InChI=1S/C18H21F2N7O/c1-25-10-13(16(24-25)17(19)20)22-18(28)14-6-4-12-5-7-15(23-27(12)14)26-8-2-3-11(21)9-26/h4-7,10-11,17H,2-3,8-9,21H2,1H3,(H,22,28). The van der Waals surface area contributed by atoms with E-state index in [1.165, 1.54) is 22.4 Å². The maximum absolute atomic E-state index is 13.1. The van der Waals surface area contributed by atoms with E-state index in [1.54, 1.807) is 12.1 Å². The highest BCUT2D eigenvalue weighted by Gasteiger charge is 2.22. The average Bonchev–Trinajstić information content (AvgIpc) is 3.24. The quantitative estimate of drug-likeness (QED) is 0.713. The Morgan fingerprint density at radius 1 is 1.29 bits per heavy atom. The Labute approximate surface area is 159 Å². The zero-order valence-corrected chi connectivity index (χ0v) is 15.3. The number of rotatable bonds is 4. The van der Waals surface area contributed by atoms with Gasteiger partial charge >= 0.3 is 0 Å². The lowest BCUT2D eigenvalue weighted by Crippen LogP contribution is -2.43. The van der Waals surface area contributed by atoms with Crippen LogP contribution in [0.15, 0.2) is 30.5 Å². The van der Waals surface area contributed by atoms with E-state index >= 15 is 0 Å². The highest BCUT2D eigenvalue weighted by Crippen LogP contribution is 2.26. The minimum Gasteiger partial charge on any atom is -0.354 e. The molecule has 4 rings (SSSR count). The predicted molar refractivity (Wildman–Crippen MR) is 101 cm³/mol. The molecule has 3 N–H and O–H groups in total. The number of alkyl halides is 2. The Kier molecular flexibility index (Phi) is 4.71. The molecule has 1 atom stereocenters. The fourth-order valence-electron chi connectivity index (χ4n) is 3.49. The molecule has 4 heterocycles. The molecule has 1 unspecified atom stereocenters. The van der Waals surface area contributed by atoms with Crippen molar-refractivity contribution in [3.8, 4) is 0 Å². The van der Waals surface area contributed by atoms with Gasteiger partial charge in [-0.2, -0.15) is 5.10 Å². The van der Waals surface area contributed by atoms with Crippen LogP contribution < -0.4 is 16.0 Å². The second kappa shape index (κ2) is 7.19. The number of hydrogen-bond acceptors (Lipinski definition) is 5. The number of nitrogens with one attached hydrogen (secondary N) is 1. The van der Waals surface area contributed by atoms with Crippen molar-refractivity contribution in [2.24, 2.45) is 12.8 Å². The van der Waals surface area contributed by atoms with Gasteiger partial charge in [-0.15, -0.1) is 5.10 Å². The van der Waals surface area contributed by atoms with Gasteiger partial charge in [-0.05, 0) is 37.1 Å². The summed E-state index contributed by atoms with van der Waals surface area (Å²) in [6, 6.07) is 7.23. The van der Waals surface area contributed by atoms with Crippen molar-refractivity contribution in [3.05, 3.63) is 41.9 Å². The van der Waals surface area contributed by atoms with Crippen LogP contribution in [-0.4, -0.2) is 44.4 Å². The largest absolute Gasteiger partial charge is 0.354 e. The number of hydrogen-bond donors (Lipinski definition) is 2. The summed E-state index contributed by atoms with van der Waals surface area (Å²) < 4.78 is 29.0. The highest BCUT2D eigenvalue weighted by atomic mass is 19.3. The molecule has 1 fully saturated rings. The number of amides is 1. The zero-order valence-electron chi connectivity index (χ0n) is 15.3. The first-order valence-electron chi connectivity index (χ1n) is 9.05. The first-order valence-corrected chi connectivity index (χ1v) is 9.05. The number of aryl methyl sites for hydroxylation is 1. The summed E-state index contributed by atoms with van der Waals surface area (Å²) in [6.45, 7) is 1.55. The molecule has 10 heteroatoms. The van der Waals surface area contributed by atoms with Crippen LogP contribution in [0.25, 0.3) is 5.52 Å². The van der Waals surface area contributed by atoms with Crippen LogP contribution in [0.4, 0.5) is 20.3 Å².